The van der Waals surface area contributed by atoms with E-state index in [9.17, 15) is 65.1 Å². The summed E-state index contributed by atoms with van der Waals surface area (Å²) in [5.41, 5.74) is -0.0652. The van der Waals surface area contributed by atoms with Gasteiger partial charge in [-0.15, -0.1) is 15.3 Å². The number of aliphatic hydroxyl groups excluding tert-OH is 9. The minimum Gasteiger partial charge on any atom is -0.394 e. The molecule has 3 aromatic rings. The maximum atomic E-state index is 13.6. The van der Waals surface area contributed by atoms with Crippen molar-refractivity contribution in [1.29, 1.82) is 0 Å². The molecule has 15 unspecified atom stereocenters. The average Bonchev–Trinajstić information content (AvgIpc) is 1.54. The number of nitrogens with one attached hydrogen (secondary N) is 3. The largest absolute Gasteiger partial charge is 0.394 e. The lowest BCUT2D eigenvalue weighted by atomic mass is 9.92. The van der Waals surface area contributed by atoms with Crippen molar-refractivity contribution in [2.45, 2.75) is 178 Å². The van der Waals surface area contributed by atoms with Crippen LogP contribution in [0.4, 0.5) is 0 Å². The van der Waals surface area contributed by atoms with Gasteiger partial charge >= 0.3 is 0 Å². The number of carbonyl (C=O) groups is 4. The summed E-state index contributed by atoms with van der Waals surface area (Å²) in [6.45, 7) is 5.82. The predicted molar refractivity (Wildman–Crippen MR) is 315 cm³/mol. The summed E-state index contributed by atoms with van der Waals surface area (Å²) in [6.07, 6.45) is -7.16. The zero-order valence-corrected chi connectivity index (χ0v) is 53.2. The Morgan fingerprint density at radius 1 is 0.484 bits per heavy atom. The van der Waals surface area contributed by atoms with E-state index in [2.05, 4.69) is 46.9 Å². The van der Waals surface area contributed by atoms with Crippen LogP contribution in [0.1, 0.15) is 76.9 Å². The first-order valence-electron chi connectivity index (χ1n) is 31.4. The van der Waals surface area contributed by atoms with Crippen molar-refractivity contribution in [2.75, 3.05) is 106 Å². The lowest BCUT2D eigenvalue weighted by Gasteiger charge is -2.40. The zero-order chi connectivity index (χ0) is 67.3. The number of amides is 3. The number of nitrogens with zero attached hydrogens (tertiary/aromatic N) is 9. The fourth-order valence-corrected chi connectivity index (χ4v) is 10.00. The number of rotatable bonds is 45. The standard InChI is InChI=1S/C57H96N12O24/c1-5-14-83-21-22-84-31-47(76)60-57(32-85-15-8-41(73)7-6-38-25-67(64-61-38)11-18-88-54-35(2)48(77)51(80)42(28-70)91-54,33-86-16-9-45(74)58-23-39-26-68(65-62-39)12-19-89-55-36(3)49(78)52(81)43(29-71)92-55)34-87-17-10-46(75)59-24-40-27-69(66-63-40)13-20-90-56-37(4)50(79)53(82)44(30-72)93-56/h25-27,35-37,42-44,48-56,70-72,77-82H,5-24,28-34H2,1-4H3,(H,58,74)(H,59,75)(H,60,76). The van der Waals surface area contributed by atoms with Crippen LogP contribution in [0.3, 0.4) is 0 Å². The smallest absolute Gasteiger partial charge is 0.246 e. The molecule has 3 fully saturated rings. The monoisotopic (exact) mass is 1330 g/mol. The predicted octanol–water partition coefficient (Wildman–Crippen LogP) is -5.61. The Labute approximate surface area is 537 Å². The Bertz CT molecular complexity index is 2380. The lowest BCUT2D eigenvalue weighted by molar-refractivity contribution is -0.282. The second kappa shape index (κ2) is 40.3. The number of hydrogen-bond donors (Lipinski definition) is 12. The van der Waals surface area contributed by atoms with Crippen molar-refractivity contribution >= 4 is 23.5 Å². The second-order valence-electron chi connectivity index (χ2n) is 23.2. The minimum absolute atomic E-state index is 0.0155. The third kappa shape index (κ3) is 25.0. The highest BCUT2D eigenvalue weighted by Gasteiger charge is 2.45. The van der Waals surface area contributed by atoms with Gasteiger partial charge in [-0.25, -0.2) is 14.0 Å². The first-order chi connectivity index (χ1) is 44.8. The van der Waals surface area contributed by atoms with E-state index in [0.29, 0.717) is 23.7 Å². The summed E-state index contributed by atoms with van der Waals surface area (Å²) in [5.74, 6) is -3.27. The van der Waals surface area contributed by atoms with Crippen LogP contribution < -0.4 is 16.0 Å². The van der Waals surface area contributed by atoms with E-state index in [4.69, 9.17) is 52.1 Å². The Hall–Kier alpha value is -5.30. The Kier molecular flexibility index (Phi) is 33.2. The van der Waals surface area contributed by atoms with Crippen molar-refractivity contribution in [3.8, 4) is 0 Å². The fourth-order valence-electron chi connectivity index (χ4n) is 10.00. The van der Waals surface area contributed by atoms with Crippen molar-refractivity contribution < 1.29 is 117 Å². The molecule has 36 heteroatoms. The van der Waals surface area contributed by atoms with Crippen LogP contribution in [0.25, 0.3) is 0 Å². The van der Waals surface area contributed by atoms with Crippen molar-refractivity contribution in [3.63, 3.8) is 0 Å². The highest BCUT2D eigenvalue weighted by atomic mass is 16.7. The van der Waals surface area contributed by atoms with Gasteiger partial charge in [-0.05, 0) is 12.8 Å². The number of ketones is 1. The van der Waals surface area contributed by atoms with Gasteiger partial charge in [-0.3, -0.25) is 19.2 Å². The van der Waals surface area contributed by atoms with E-state index in [1.807, 2.05) is 6.92 Å². The molecule has 0 aromatic carbocycles. The van der Waals surface area contributed by atoms with Crippen molar-refractivity contribution in [2.24, 2.45) is 17.8 Å². The SMILES string of the molecule is CCCOCCOCC(=O)NC(COCCC(=O)CCc1cn(CCOC2OC(CO)C(O)C(O)C2C)nn1)(COCCC(=O)NCc1cn(CCOC2OC(CO)C(O)C(O)C2C)nn1)COCCC(=O)NCc1cn(CCOC2OC(CO)C(O)C(O)C2C)nn1. The third-order valence-electron chi connectivity index (χ3n) is 15.7. The fraction of sp³-hybridized carbons (Fsp3) is 0.825. The molecule has 36 nitrogen and oxygen atoms in total. The van der Waals surface area contributed by atoms with Gasteiger partial charge < -0.3 is 114 Å². The number of Topliss-reactive ketones (excluding diaryl/α,β-unsaturated/α-hetero) is 1. The van der Waals surface area contributed by atoms with Gasteiger partial charge in [0, 0.05) is 56.2 Å². The number of aliphatic hydroxyl groups is 9. The molecule has 6 rings (SSSR count). The zero-order valence-electron chi connectivity index (χ0n) is 53.2. The summed E-state index contributed by atoms with van der Waals surface area (Å²) >= 11 is 0. The van der Waals surface area contributed by atoms with Gasteiger partial charge in [-0.1, -0.05) is 43.3 Å². The van der Waals surface area contributed by atoms with Crippen LogP contribution in [0.5, 0.6) is 0 Å². The van der Waals surface area contributed by atoms with Crippen LogP contribution in [-0.2, 0) is 110 Å². The topological polar surface area (TPSA) is 480 Å². The molecule has 528 valence electrons. The molecule has 3 amide bonds. The number of aryl methyl sites for hydroxylation is 1. The molecule has 12 N–H and O–H groups in total. The van der Waals surface area contributed by atoms with E-state index >= 15 is 0 Å². The highest BCUT2D eigenvalue weighted by Crippen LogP contribution is 2.29. The first-order valence-corrected chi connectivity index (χ1v) is 31.4. The molecule has 0 radical (unpaired) electrons. The highest BCUT2D eigenvalue weighted by molar-refractivity contribution is 5.79. The molecule has 0 spiro atoms. The number of hydrogen-bond acceptors (Lipinski definition) is 30. The van der Waals surface area contributed by atoms with Crippen LogP contribution in [0.2, 0.25) is 0 Å². The van der Waals surface area contributed by atoms with Gasteiger partial charge in [0.2, 0.25) is 17.7 Å². The number of aromatic nitrogens is 9. The summed E-state index contributed by atoms with van der Waals surface area (Å²) in [7, 11) is 0. The molecule has 3 aromatic heterocycles. The van der Waals surface area contributed by atoms with Crippen LogP contribution in [0, 0.1) is 17.8 Å². The third-order valence-corrected chi connectivity index (χ3v) is 15.7. The molecule has 0 saturated carbocycles. The van der Waals surface area contributed by atoms with Crippen LogP contribution in [0.15, 0.2) is 18.6 Å². The van der Waals surface area contributed by atoms with E-state index in [-0.39, 0.29) is 150 Å². The molecular formula is C57H96N12O24. The lowest BCUT2D eigenvalue weighted by Crippen LogP contribution is -2.59. The average molecular weight is 1330 g/mol. The normalized spacial score (nSPS) is 27.2. The van der Waals surface area contributed by atoms with Gasteiger partial charge in [0.1, 0.15) is 65.9 Å². The first kappa shape index (κ1) is 76.7. The Morgan fingerprint density at radius 3 is 1.28 bits per heavy atom. The van der Waals surface area contributed by atoms with E-state index in [1.165, 1.54) is 14.0 Å². The minimum atomic E-state index is -1.46. The summed E-state index contributed by atoms with van der Waals surface area (Å²) < 4.78 is 67.9. The summed E-state index contributed by atoms with van der Waals surface area (Å²) in [4.78, 5) is 53.1. The van der Waals surface area contributed by atoms with E-state index < -0.39 is 135 Å². The number of ether oxygens (including phenoxy) is 11. The van der Waals surface area contributed by atoms with Gasteiger partial charge in [0.25, 0.3) is 0 Å². The molecule has 15 atom stereocenters. The van der Waals surface area contributed by atoms with Crippen LogP contribution >= 0.6 is 0 Å². The van der Waals surface area contributed by atoms with Gasteiger partial charge in [0.15, 0.2) is 18.9 Å². The van der Waals surface area contributed by atoms with Crippen molar-refractivity contribution in [1.82, 2.24) is 60.9 Å². The molecule has 3 aliphatic heterocycles. The van der Waals surface area contributed by atoms with Crippen molar-refractivity contribution in [3.05, 3.63) is 35.7 Å². The maximum absolute atomic E-state index is 13.6. The molecule has 0 bridgehead atoms. The van der Waals surface area contributed by atoms with Crippen LogP contribution in [-0.4, -0.2) is 299 Å². The Morgan fingerprint density at radius 2 is 0.871 bits per heavy atom. The molecule has 6 heterocycles. The van der Waals surface area contributed by atoms with Gasteiger partial charge in [-0.2, -0.15) is 0 Å². The second-order valence-corrected chi connectivity index (χ2v) is 23.2. The molecular weight excluding hydrogens is 1240 g/mol. The Balaban J connectivity index is 1.00. The van der Waals surface area contributed by atoms with Gasteiger partial charge in [0.05, 0.1) is 162 Å². The quantitative estimate of drug-likeness (QED) is 0.0235. The molecule has 3 aliphatic rings. The molecule has 0 aliphatic carbocycles. The summed E-state index contributed by atoms with van der Waals surface area (Å²) in [5, 5.41) is 123. The van der Waals surface area contributed by atoms with E-state index in [1.54, 1.807) is 39.4 Å². The summed E-state index contributed by atoms with van der Waals surface area (Å²) in [6, 6.07) is 0. The number of carbonyl (C=O) groups excluding carboxylic acids is 4. The van der Waals surface area contributed by atoms with E-state index in [0.717, 1.165) is 6.42 Å². The molecule has 93 heavy (non-hydrogen) atoms. The molecule has 3 saturated heterocycles. The maximum Gasteiger partial charge on any atom is 0.246 e.